The highest BCUT2D eigenvalue weighted by Crippen LogP contribution is 2.11. The second-order valence-corrected chi connectivity index (χ2v) is 2.63. The molecule has 0 radical (unpaired) electrons. The Bertz CT molecular complexity index is 258. The van der Waals surface area contributed by atoms with E-state index >= 15 is 0 Å². The molecule has 1 unspecified atom stereocenters. The van der Waals surface area contributed by atoms with Crippen LogP contribution in [0.1, 0.15) is 0 Å². The minimum Gasteiger partial charge on any atom is -0.461 e. The van der Waals surface area contributed by atoms with Gasteiger partial charge in [-0.05, 0) is 18.2 Å². The largest absolute Gasteiger partial charge is 0.461 e. The van der Waals surface area contributed by atoms with Crippen molar-refractivity contribution in [3.05, 3.63) is 43.0 Å². The average molecular weight is 194 g/mol. The number of rotatable bonds is 6. The molecule has 0 fully saturated rings. The number of aliphatic hydroxyl groups is 1. The fourth-order valence-corrected chi connectivity index (χ4v) is 0.952. The summed E-state index contributed by atoms with van der Waals surface area (Å²) >= 11 is 0. The van der Waals surface area contributed by atoms with Gasteiger partial charge in [-0.1, -0.05) is 24.8 Å². The molecular formula is C11H14O3. The molecule has 1 aromatic carbocycles. The summed E-state index contributed by atoms with van der Waals surface area (Å²) in [4.78, 5) is 0. The third-order valence-corrected chi connectivity index (χ3v) is 1.56. The fraction of sp³-hybridized carbons (Fsp3) is 0.273. The number of aliphatic hydroxyl groups excluding tert-OH is 1. The molecule has 3 nitrogen and oxygen atoms in total. The highest BCUT2D eigenvalue weighted by atomic mass is 16.7. The smallest absolute Gasteiger partial charge is 0.219 e. The Labute approximate surface area is 83.6 Å². The van der Waals surface area contributed by atoms with Gasteiger partial charge in [0.1, 0.15) is 5.75 Å². The number of hydrogen-bond acceptors (Lipinski definition) is 3. The van der Waals surface area contributed by atoms with E-state index in [1.165, 1.54) is 0 Å². The van der Waals surface area contributed by atoms with Gasteiger partial charge < -0.3 is 14.6 Å². The van der Waals surface area contributed by atoms with Crippen LogP contribution in [-0.2, 0) is 4.74 Å². The normalized spacial score (nSPS) is 12.1. The summed E-state index contributed by atoms with van der Waals surface area (Å²) in [5.74, 6) is 0.718. The van der Waals surface area contributed by atoms with Crippen molar-refractivity contribution in [2.24, 2.45) is 0 Å². The Morgan fingerprint density at radius 1 is 1.36 bits per heavy atom. The van der Waals surface area contributed by atoms with Crippen LogP contribution in [0.15, 0.2) is 43.0 Å². The van der Waals surface area contributed by atoms with Crippen LogP contribution in [-0.4, -0.2) is 24.6 Å². The predicted octanol–water partition coefficient (Wildman–Crippen LogP) is 1.59. The third kappa shape index (κ3) is 3.60. The minimum atomic E-state index is -0.510. The molecule has 0 spiro atoms. The lowest BCUT2D eigenvalue weighted by Gasteiger charge is -2.15. The predicted molar refractivity (Wildman–Crippen MR) is 54.1 cm³/mol. The van der Waals surface area contributed by atoms with E-state index in [0.717, 1.165) is 5.75 Å². The molecule has 0 aliphatic rings. The Kier molecular flexibility index (Phi) is 4.75. The van der Waals surface area contributed by atoms with Crippen molar-refractivity contribution in [3.63, 3.8) is 0 Å². The van der Waals surface area contributed by atoms with Gasteiger partial charge in [0.05, 0.1) is 13.2 Å². The second-order valence-electron chi connectivity index (χ2n) is 2.63. The summed E-state index contributed by atoms with van der Waals surface area (Å²) in [6, 6.07) is 9.32. The van der Waals surface area contributed by atoms with Crippen molar-refractivity contribution in [2.45, 2.75) is 6.29 Å². The van der Waals surface area contributed by atoms with E-state index in [9.17, 15) is 0 Å². The first kappa shape index (κ1) is 10.8. The van der Waals surface area contributed by atoms with Crippen LogP contribution in [0.4, 0.5) is 0 Å². The first-order valence-electron chi connectivity index (χ1n) is 4.43. The monoisotopic (exact) mass is 194 g/mol. The van der Waals surface area contributed by atoms with E-state index in [0.29, 0.717) is 0 Å². The van der Waals surface area contributed by atoms with Crippen LogP contribution in [0.3, 0.4) is 0 Å². The van der Waals surface area contributed by atoms with Crippen LogP contribution < -0.4 is 4.74 Å². The molecule has 76 valence electrons. The van der Waals surface area contributed by atoms with Gasteiger partial charge in [0.25, 0.3) is 0 Å². The first-order valence-corrected chi connectivity index (χ1v) is 4.43. The number of benzene rings is 1. The summed E-state index contributed by atoms with van der Waals surface area (Å²) in [7, 11) is 0. The molecule has 1 atom stereocenters. The van der Waals surface area contributed by atoms with Crippen molar-refractivity contribution in [1.29, 1.82) is 0 Å². The molecule has 0 aliphatic heterocycles. The first-order chi connectivity index (χ1) is 6.86. The molecule has 1 aromatic rings. The van der Waals surface area contributed by atoms with E-state index in [4.69, 9.17) is 14.6 Å². The van der Waals surface area contributed by atoms with E-state index in [1.54, 1.807) is 6.08 Å². The third-order valence-electron chi connectivity index (χ3n) is 1.56. The summed E-state index contributed by atoms with van der Waals surface area (Å²) in [6.45, 7) is 3.79. The Balaban J connectivity index is 2.44. The van der Waals surface area contributed by atoms with Gasteiger partial charge in [-0.25, -0.2) is 0 Å². The second kappa shape index (κ2) is 6.18. The topological polar surface area (TPSA) is 38.7 Å². The molecule has 0 saturated carbocycles. The molecule has 0 saturated heterocycles. The maximum Gasteiger partial charge on any atom is 0.219 e. The van der Waals surface area contributed by atoms with E-state index in [2.05, 4.69) is 6.58 Å². The van der Waals surface area contributed by atoms with Gasteiger partial charge in [0.15, 0.2) is 0 Å². The van der Waals surface area contributed by atoms with Crippen LogP contribution in [0.25, 0.3) is 0 Å². The lowest BCUT2D eigenvalue weighted by Crippen LogP contribution is -2.19. The van der Waals surface area contributed by atoms with Crippen molar-refractivity contribution < 1.29 is 14.6 Å². The maximum atomic E-state index is 8.56. The molecular weight excluding hydrogens is 180 g/mol. The van der Waals surface area contributed by atoms with E-state index in [-0.39, 0.29) is 13.2 Å². The molecule has 0 bridgehead atoms. The molecule has 0 heterocycles. The molecule has 14 heavy (non-hydrogen) atoms. The number of para-hydroxylation sites is 1. The summed E-state index contributed by atoms with van der Waals surface area (Å²) in [5.41, 5.74) is 0. The minimum absolute atomic E-state index is 0.0253. The molecule has 0 amide bonds. The van der Waals surface area contributed by atoms with Gasteiger partial charge in [0, 0.05) is 0 Å². The summed E-state index contributed by atoms with van der Waals surface area (Å²) in [5, 5.41) is 8.56. The lowest BCUT2D eigenvalue weighted by molar-refractivity contribution is -0.0566. The zero-order valence-electron chi connectivity index (χ0n) is 7.93. The van der Waals surface area contributed by atoms with Gasteiger partial charge >= 0.3 is 0 Å². The Morgan fingerprint density at radius 2 is 2.07 bits per heavy atom. The molecule has 3 heteroatoms. The van der Waals surface area contributed by atoms with Crippen molar-refractivity contribution in [1.82, 2.24) is 0 Å². The van der Waals surface area contributed by atoms with Gasteiger partial charge in [-0.2, -0.15) is 0 Å². The van der Waals surface area contributed by atoms with Crippen molar-refractivity contribution >= 4 is 0 Å². The van der Waals surface area contributed by atoms with Gasteiger partial charge in [-0.3, -0.25) is 0 Å². The van der Waals surface area contributed by atoms with E-state index < -0.39 is 6.29 Å². The molecule has 0 aromatic heterocycles. The van der Waals surface area contributed by atoms with Gasteiger partial charge in [-0.15, -0.1) is 0 Å². The quantitative estimate of drug-likeness (QED) is 0.552. The Morgan fingerprint density at radius 3 is 2.64 bits per heavy atom. The van der Waals surface area contributed by atoms with Crippen LogP contribution in [0.2, 0.25) is 0 Å². The molecule has 1 rings (SSSR count). The van der Waals surface area contributed by atoms with E-state index in [1.807, 2.05) is 30.3 Å². The SMILES string of the molecule is C=CC(OCCO)Oc1ccccc1. The molecule has 1 N–H and O–H groups in total. The zero-order chi connectivity index (χ0) is 10.2. The lowest BCUT2D eigenvalue weighted by atomic mass is 10.3. The Hall–Kier alpha value is -1.32. The van der Waals surface area contributed by atoms with Gasteiger partial charge in [0.2, 0.25) is 6.29 Å². The van der Waals surface area contributed by atoms with Crippen molar-refractivity contribution in [3.8, 4) is 5.75 Å². The maximum absolute atomic E-state index is 8.56. The summed E-state index contributed by atoms with van der Waals surface area (Å²) in [6.07, 6.45) is 1.03. The standard InChI is InChI=1S/C11H14O3/c1-2-11(13-9-8-12)14-10-6-4-3-5-7-10/h2-7,11-12H,1,8-9H2. The summed E-state index contributed by atoms with van der Waals surface area (Å²) < 4.78 is 10.6. The van der Waals surface area contributed by atoms with Crippen LogP contribution in [0, 0.1) is 0 Å². The van der Waals surface area contributed by atoms with Crippen molar-refractivity contribution in [2.75, 3.05) is 13.2 Å². The van der Waals surface area contributed by atoms with Crippen LogP contribution in [0.5, 0.6) is 5.75 Å². The number of hydrogen-bond donors (Lipinski definition) is 1. The molecule has 0 aliphatic carbocycles. The average Bonchev–Trinajstić information content (AvgIpc) is 2.25. The highest BCUT2D eigenvalue weighted by Gasteiger charge is 2.04. The number of ether oxygens (including phenoxy) is 2. The van der Waals surface area contributed by atoms with Crippen LogP contribution >= 0.6 is 0 Å². The fourth-order valence-electron chi connectivity index (χ4n) is 0.952. The highest BCUT2D eigenvalue weighted by molar-refractivity contribution is 5.21. The zero-order valence-corrected chi connectivity index (χ0v) is 7.93.